The van der Waals surface area contributed by atoms with E-state index < -0.39 is 0 Å². The van der Waals surface area contributed by atoms with Crippen molar-refractivity contribution in [3.63, 3.8) is 0 Å². The van der Waals surface area contributed by atoms with Crippen LogP contribution >= 0.6 is 11.5 Å². The molecule has 5 rings (SSSR count). The van der Waals surface area contributed by atoms with E-state index in [1.165, 1.54) is 17.9 Å². The number of hydrogen-bond donors (Lipinski definition) is 1. The molecule has 0 saturated heterocycles. The van der Waals surface area contributed by atoms with Crippen molar-refractivity contribution in [3.8, 4) is 22.6 Å². The number of fused-ring (bicyclic) bond motifs is 2. The van der Waals surface area contributed by atoms with Crippen LogP contribution in [-0.2, 0) is 0 Å². The molecule has 6 nitrogen and oxygen atoms in total. The summed E-state index contributed by atoms with van der Waals surface area (Å²) >= 11 is 1.29. The van der Waals surface area contributed by atoms with Crippen LogP contribution in [0.3, 0.4) is 0 Å². The third-order valence-corrected chi connectivity index (χ3v) is 5.25. The maximum Gasteiger partial charge on any atom is 0.160 e. The van der Waals surface area contributed by atoms with E-state index in [4.69, 9.17) is 15.7 Å². The monoisotopic (exact) mass is 370 g/mol. The first-order valence-corrected chi connectivity index (χ1v) is 9.18. The molecule has 2 N–H and O–H groups in total. The van der Waals surface area contributed by atoms with Gasteiger partial charge in [-0.2, -0.15) is 4.37 Å². The van der Waals surface area contributed by atoms with Crippen molar-refractivity contribution in [3.05, 3.63) is 60.4 Å². The van der Waals surface area contributed by atoms with E-state index in [0.29, 0.717) is 22.9 Å². The molecule has 0 radical (unpaired) electrons. The largest absolute Gasteiger partial charge is 0.383 e. The van der Waals surface area contributed by atoms with E-state index in [0.717, 1.165) is 32.4 Å². The first-order valence-electron chi connectivity index (χ1n) is 8.41. The van der Waals surface area contributed by atoms with Crippen LogP contribution in [0.25, 0.3) is 43.9 Å². The van der Waals surface area contributed by atoms with Crippen LogP contribution in [0.2, 0.25) is 0 Å². The van der Waals surface area contributed by atoms with Crippen molar-refractivity contribution in [2.45, 2.75) is 6.92 Å². The summed E-state index contributed by atoms with van der Waals surface area (Å²) in [5.41, 5.74) is 11.2. The van der Waals surface area contributed by atoms with Crippen molar-refractivity contribution < 1.29 is 0 Å². The van der Waals surface area contributed by atoms with E-state index in [9.17, 15) is 0 Å². The summed E-state index contributed by atoms with van der Waals surface area (Å²) in [7, 11) is 0. The molecule has 0 unspecified atom stereocenters. The summed E-state index contributed by atoms with van der Waals surface area (Å²) in [4.78, 5) is 18.6. The highest BCUT2D eigenvalue weighted by Gasteiger charge is 2.15. The number of nitrogens with two attached hydrogens (primary N) is 1. The number of nitrogen functional groups attached to an aromatic ring is 1. The normalized spacial score (nSPS) is 11.3. The molecule has 7 heteroatoms. The number of aromatic nitrogens is 5. The molecule has 27 heavy (non-hydrogen) atoms. The first kappa shape index (κ1) is 15.8. The van der Waals surface area contributed by atoms with Crippen LogP contribution in [0.4, 0.5) is 5.82 Å². The number of benzene rings is 1. The summed E-state index contributed by atoms with van der Waals surface area (Å²) in [6.45, 7) is 2.07. The molecule has 5 aromatic rings. The summed E-state index contributed by atoms with van der Waals surface area (Å²) in [5, 5.41) is 1.76. The van der Waals surface area contributed by atoms with E-state index >= 15 is 0 Å². The quantitative estimate of drug-likeness (QED) is 0.499. The number of nitrogens with zero attached hydrogens (tertiary/aromatic N) is 5. The molecule has 0 amide bonds. The Hall–Kier alpha value is -3.45. The van der Waals surface area contributed by atoms with Crippen molar-refractivity contribution in [1.29, 1.82) is 0 Å². The third kappa shape index (κ3) is 2.60. The highest BCUT2D eigenvalue weighted by Crippen LogP contribution is 2.33. The lowest BCUT2D eigenvalue weighted by atomic mass is 10.1. The zero-order chi connectivity index (χ0) is 18.4. The minimum atomic E-state index is 0.410. The lowest BCUT2D eigenvalue weighted by Gasteiger charge is -2.07. The van der Waals surface area contributed by atoms with E-state index in [2.05, 4.69) is 27.3 Å². The minimum Gasteiger partial charge on any atom is -0.383 e. The Labute approximate surface area is 158 Å². The zero-order valence-electron chi connectivity index (χ0n) is 14.4. The molecule has 4 aromatic heterocycles. The lowest BCUT2D eigenvalue weighted by molar-refractivity contribution is 1.24. The van der Waals surface area contributed by atoms with Crippen LogP contribution in [0.1, 0.15) is 5.56 Å². The van der Waals surface area contributed by atoms with E-state index in [-0.39, 0.29) is 0 Å². The van der Waals surface area contributed by atoms with Crippen LogP contribution < -0.4 is 5.73 Å². The predicted octanol–water partition coefficient (Wildman–Crippen LogP) is 4.25. The Morgan fingerprint density at radius 2 is 1.74 bits per heavy atom. The van der Waals surface area contributed by atoms with Crippen molar-refractivity contribution in [2.75, 3.05) is 5.73 Å². The molecular formula is C20H14N6S. The lowest BCUT2D eigenvalue weighted by Crippen LogP contribution is -1.95. The summed E-state index contributed by atoms with van der Waals surface area (Å²) in [5.74, 6) is 0.410. The molecule has 0 fully saturated rings. The second-order valence-corrected chi connectivity index (χ2v) is 6.98. The van der Waals surface area contributed by atoms with Crippen LogP contribution in [0, 0.1) is 6.92 Å². The number of pyridine rings is 2. The van der Waals surface area contributed by atoms with E-state index in [1.807, 2.05) is 42.5 Å². The Morgan fingerprint density at radius 1 is 0.926 bits per heavy atom. The smallest absolute Gasteiger partial charge is 0.160 e. The Balaban J connectivity index is 1.73. The molecule has 0 bridgehead atoms. The van der Waals surface area contributed by atoms with Crippen LogP contribution in [0.5, 0.6) is 0 Å². The van der Waals surface area contributed by atoms with Gasteiger partial charge in [0.15, 0.2) is 5.65 Å². The number of anilines is 1. The van der Waals surface area contributed by atoms with Gasteiger partial charge in [-0.25, -0.2) is 19.9 Å². The van der Waals surface area contributed by atoms with Gasteiger partial charge in [0.2, 0.25) is 0 Å². The summed E-state index contributed by atoms with van der Waals surface area (Å²) < 4.78 is 4.51. The average molecular weight is 370 g/mol. The number of hydrogen-bond acceptors (Lipinski definition) is 7. The molecule has 0 aliphatic rings. The summed E-state index contributed by atoms with van der Waals surface area (Å²) in [6, 6.07) is 16.2. The fourth-order valence-corrected chi connectivity index (χ4v) is 3.89. The van der Waals surface area contributed by atoms with Crippen molar-refractivity contribution in [2.24, 2.45) is 0 Å². The van der Waals surface area contributed by atoms with Crippen molar-refractivity contribution in [1.82, 2.24) is 24.3 Å². The third-order valence-electron chi connectivity index (χ3n) is 4.49. The Bertz CT molecular complexity index is 1300. The van der Waals surface area contributed by atoms with Crippen LogP contribution in [0.15, 0.2) is 54.9 Å². The van der Waals surface area contributed by atoms with Gasteiger partial charge in [0.05, 0.1) is 16.8 Å². The molecule has 0 aliphatic heterocycles. The van der Waals surface area contributed by atoms with E-state index in [1.54, 1.807) is 0 Å². The Morgan fingerprint density at radius 3 is 2.59 bits per heavy atom. The Kier molecular flexibility index (Phi) is 3.54. The molecular weight excluding hydrogens is 356 g/mol. The van der Waals surface area contributed by atoms with Gasteiger partial charge in [0.25, 0.3) is 0 Å². The molecule has 0 atom stereocenters. The fraction of sp³-hybridized carbons (Fsp3) is 0.0500. The van der Waals surface area contributed by atoms with Gasteiger partial charge in [-0.3, -0.25) is 0 Å². The minimum absolute atomic E-state index is 0.410. The average Bonchev–Trinajstić information content (AvgIpc) is 3.14. The fourth-order valence-electron chi connectivity index (χ4n) is 3.14. The van der Waals surface area contributed by atoms with Gasteiger partial charge in [0, 0.05) is 10.9 Å². The second-order valence-electron chi connectivity index (χ2n) is 6.23. The highest BCUT2D eigenvalue weighted by molar-refractivity contribution is 7.13. The topological polar surface area (TPSA) is 90.5 Å². The van der Waals surface area contributed by atoms with Gasteiger partial charge >= 0.3 is 0 Å². The maximum absolute atomic E-state index is 6.05. The van der Waals surface area contributed by atoms with Gasteiger partial charge in [-0.05, 0) is 42.2 Å². The molecule has 0 spiro atoms. The molecule has 4 heterocycles. The molecule has 1 aromatic carbocycles. The molecule has 0 saturated carbocycles. The first-order chi connectivity index (χ1) is 13.2. The number of aryl methyl sites for hydroxylation is 1. The van der Waals surface area contributed by atoms with Crippen molar-refractivity contribution >= 4 is 38.6 Å². The molecule has 130 valence electrons. The molecule has 0 aliphatic carbocycles. The number of rotatable bonds is 2. The predicted molar refractivity (Wildman–Crippen MR) is 108 cm³/mol. The van der Waals surface area contributed by atoms with Gasteiger partial charge in [-0.15, -0.1) is 0 Å². The standard InChI is InChI=1S/C20H14N6S/c1-11-9-15(12-5-3-2-4-6-12)25-19-13(11)7-8-14(24-19)17-16-18(21)22-10-23-20(16)27-26-17/h2-10H,1H3,(H2,21,22,23). The SMILES string of the molecule is Cc1cc(-c2ccccc2)nc2nc(-c3nsc4ncnc(N)c34)ccc12. The maximum atomic E-state index is 6.05. The summed E-state index contributed by atoms with van der Waals surface area (Å²) in [6.07, 6.45) is 1.45. The van der Waals surface area contributed by atoms with Crippen LogP contribution in [-0.4, -0.2) is 24.3 Å². The van der Waals surface area contributed by atoms with Gasteiger partial charge < -0.3 is 5.73 Å². The zero-order valence-corrected chi connectivity index (χ0v) is 15.2. The van der Waals surface area contributed by atoms with Gasteiger partial charge in [0.1, 0.15) is 22.7 Å². The van der Waals surface area contributed by atoms with Gasteiger partial charge in [-0.1, -0.05) is 30.3 Å². The second kappa shape index (κ2) is 6.07. The highest BCUT2D eigenvalue weighted by atomic mass is 32.1.